The first kappa shape index (κ1) is 11.8. The number of rotatable bonds is 2. The predicted octanol–water partition coefficient (Wildman–Crippen LogP) is 3.64. The van der Waals surface area contributed by atoms with Gasteiger partial charge < -0.3 is 4.40 Å². The molecule has 92 valence electrons. The second-order valence-electron chi connectivity index (χ2n) is 4.25. The average molecular weight is 268 g/mol. The minimum Gasteiger partial charge on any atom is -0.305 e. The Morgan fingerprint density at radius 2 is 1.89 bits per heavy atom. The Hall–Kier alpha value is -2.31. The van der Waals surface area contributed by atoms with Crippen molar-refractivity contribution in [1.82, 2.24) is 9.38 Å². The molecule has 0 aliphatic carbocycles. The number of hydrogen-bond donors (Lipinski definition) is 0. The van der Waals surface area contributed by atoms with Gasteiger partial charge in [-0.25, -0.2) is 4.98 Å². The predicted molar refractivity (Wildman–Crippen MR) is 74.1 cm³/mol. The molecule has 3 rings (SSSR count). The van der Waals surface area contributed by atoms with E-state index in [0.29, 0.717) is 5.02 Å². The van der Waals surface area contributed by atoms with Gasteiger partial charge in [-0.2, -0.15) is 5.26 Å². The van der Waals surface area contributed by atoms with Crippen molar-refractivity contribution in [3.05, 3.63) is 71.1 Å². The number of benzene rings is 1. The molecule has 0 radical (unpaired) electrons. The first-order chi connectivity index (χ1) is 9.28. The summed E-state index contributed by atoms with van der Waals surface area (Å²) in [6.07, 6.45) is 3.63. The molecule has 0 fully saturated rings. The first-order valence-corrected chi connectivity index (χ1v) is 6.24. The maximum atomic E-state index is 9.39. The molecule has 0 spiro atoms. The van der Waals surface area contributed by atoms with Crippen LogP contribution in [0, 0.1) is 11.3 Å². The number of hydrogen-bond acceptors (Lipinski definition) is 2. The zero-order valence-electron chi connectivity index (χ0n) is 9.99. The molecule has 0 amide bonds. The number of nitrogens with zero attached hydrogens (tertiary/aromatic N) is 3. The zero-order chi connectivity index (χ0) is 13.2. The van der Waals surface area contributed by atoms with Gasteiger partial charge in [-0.3, -0.25) is 0 Å². The van der Waals surface area contributed by atoms with Crippen LogP contribution in [-0.4, -0.2) is 9.38 Å². The zero-order valence-corrected chi connectivity index (χ0v) is 10.7. The summed E-state index contributed by atoms with van der Waals surface area (Å²) in [6, 6.07) is 15.6. The van der Waals surface area contributed by atoms with Crippen LogP contribution in [-0.2, 0) is 0 Å². The van der Waals surface area contributed by atoms with E-state index in [9.17, 15) is 5.26 Å². The van der Waals surface area contributed by atoms with Gasteiger partial charge in [0.15, 0.2) is 0 Å². The van der Waals surface area contributed by atoms with Crippen molar-refractivity contribution in [2.24, 2.45) is 0 Å². The molecule has 4 heteroatoms. The van der Waals surface area contributed by atoms with E-state index in [0.717, 1.165) is 16.9 Å². The molecule has 0 unspecified atom stereocenters. The van der Waals surface area contributed by atoms with Crippen LogP contribution < -0.4 is 0 Å². The van der Waals surface area contributed by atoms with Crippen LogP contribution >= 0.6 is 11.6 Å². The number of pyridine rings is 1. The molecule has 19 heavy (non-hydrogen) atoms. The molecule has 0 aliphatic heterocycles. The molecule has 1 atom stereocenters. The maximum Gasteiger partial charge on any atom is 0.137 e. The van der Waals surface area contributed by atoms with E-state index in [1.54, 1.807) is 12.3 Å². The molecule has 0 aliphatic rings. The highest BCUT2D eigenvalue weighted by Gasteiger charge is 2.16. The topological polar surface area (TPSA) is 41.1 Å². The summed E-state index contributed by atoms with van der Waals surface area (Å²) < 4.78 is 1.84. The van der Waals surface area contributed by atoms with E-state index in [1.807, 2.05) is 47.0 Å². The smallest absolute Gasteiger partial charge is 0.137 e. The average Bonchev–Trinajstić information content (AvgIpc) is 2.83. The number of imidazole rings is 1. The Labute approximate surface area is 115 Å². The van der Waals surface area contributed by atoms with Gasteiger partial charge in [0.2, 0.25) is 0 Å². The minimum atomic E-state index is -0.361. The third kappa shape index (κ3) is 2.18. The second kappa shape index (κ2) is 4.75. The van der Waals surface area contributed by atoms with Crippen LogP contribution in [0.1, 0.15) is 17.2 Å². The third-order valence-electron chi connectivity index (χ3n) is 2.99. The Morgan fingerprint density at radius 3 is 2.63 bits per heavy atom. The Morgan fingerprint density at radius 1 is 1.11 bits per heavy atom. The summed E-state index contributed by atoms with van der Waals surface area (Å²) >= 11 is 5.94. The van der Waals surface area contributed by atoms with Gasteiger partial charge in [0, 0.05) is 12.4 Å². The van der Waals surface area contributed by atoms with Gasteiger partial charge in [0.25, 0.3) is 0 Å². The van der Waals surface area contributed by atoms with Gasteiger partial charge in [-0.15, -0.1) is 0 Å². The summed E-state index contributed by atoms with van der Waals surface area (Å²) in [6.45, 7) is 0. The van der Waals surface area contributed by atoms with E-state index in [1.165, 1.54) is 0 Å². The number of halogens is 1. The third-order valence-corrected chi connectivity index (χ3v) is 3.21. The Kier molecular flexibility index (Phi) is 2.94. The summed E-state index contributed by atoms with van der Waals surface area (Å²) in [5, 5.41) is 10.0. The van der Waals surface area contributed by atoms with E-state index in [4.69, 9.17) is 11.6 Å². The van der Waals surface area contributed by atoms with Gasteiger partial charge >= 0.3 is 0 Å². The van der Waals surface area contributed by atoms with Gasteiger partial charge in [-0.1, -0.05) is 41.9 Å². The van der Waals surface area contributed by atoms with Crippen LogP contribution in [0.3, 0.4) is 0 Å². The number of aromatic nitrogens is 2. The molecule has 0 saturated heterocycles. The highest BCUT2D eigenvalue weighted by Crippen LogP contribution is 2.24. The monoisotopic (exact) mass is 267 g/mol. The largest absolute Gasteiger partial charge is 0.305 e. The van der Waals surface area contributed by atoms with Gasteiger partial charge in [0.1, 0.15) is 11.6 Å². The molecule has 0 N–H and O–H groups in total. The molecule has 0 bridgehead atoms. The quantitative estimate of drug-likeness (QED) is 0.711. The highest BCUT2D eigenvalue weighted by atomic mass is 35.5. The van der Waals surface area contributed by atoms with Crippen LogP contribution in [0.25, 0.3) is 5.65 Å². The maximum absolute atomic E-state index is 9.39. The Bertz CT molecular complexity index is 756. The lowest BCUT2D eigenvalue weighted by Gasteiger charge is -2.05. The van der Waals surface area contributed by atoms with Crippen LogP contribution in [0.5, 0.6) is 0 Å². The van der Waals surface area contributed by atoms with Crippen LogP contribution in [0.15, 0.2) is 54.9 Å². The molecule has 2 aromatic heterocycles. The van der Waals surface area contributed by atoms with Crippen molar-refractivity contribution >= 4 is 17.2 Å². The van der Waals surface area contributed by atoms with Crippen molar-refractivity contribution in [1.29, 1.82) is 5.26 Å². The highest BCUT2D eigenvalue weighted by molar-refractivity contribution is 6.30. The summed E-state index contributed by atoms with van der Waals surface area (Å²) in [7, 11) is 0. The lowest BCUT2D eigenvalue weighted by atomic mass is 9.98. The summed E-state index contributed by atoms with van der Waals surface area (Å²) in [4.78, 5) is 4.48. The lowest BCUT2D eigenvalue weighted by molar-refractivity contribution is 0.987. The SMILES string of the molecule is N#C[C@H](c1ccccc1)c1cn2cc(Cl)ccc2n1. The van der Waals surface area contributed by atoms with Crippen molar-refractivity contribution in [2.75, 3.05) is 0 Å². The molecular formula is C15H10ClN3. The summed E-state index contributed by atoms with van der Waals surface area (Å²) in [5.41, 5.74) is 2.46. The molecule has 0 saturated carbocycles. The van der Waals surface area contributed by atoms with Gasteiger partial charge in [0.05, 0.1) is 16.8 Å². The molecule has 2 heterocycles. The lowest BCUT2D eigenvalue weighted by Crippen LogP contribution is -1.97. The molecule has 1 aromatic carbocycles. The standard InChI is InChI=1S/C15H10ClN3/c16-12-6-7-15-18-14(10-19(15)9-12)13(8-17)11-4-2-1-3-5-11/h1-7,9-10,13H/t13-/m1/s1. The Balaban J connectivity index is 2.10. The fraction of sp³-hybridized carbons (Fsp3) is 0.0667. The number of fused-ring (bicyclic) bond motifs is 1. The summed E-state index contributed by atoms with van der Waals surface area (Å²) in [5.74, 6) is -0.361. The second-order valence-corrected chi connectivity index (χ2v) is 4.69. The molecule has 3 nitrogen and oxygen atoms in total. The van der Waals surface area contributed by atoms with Crippen LogP contribution in [0.2, 0.25) is 5.02 Å². The normalized spacial score (nSPS) is 12.2. The van der Waals surface area contributed by atoms with E-state index >= 15 is 0 Å². The van der Waals surface area contributed by atoms with Gasteiger partial charge in [-0.05, 0) is 17.7 Å². The first-order valence-electron chi connectivity index (χ1n) is 5.86. The fourth-order valence-electron chi connectivity index (χ4n) is 2.08. The van der Waals surface area contributed by atoms with E-state index in [-0.39, 0.29) is 5.92 Å². The fourth-order valence-corrected chi connectivity index (χ4v) is 2.25. The van der Waals surface area contributed by atoms with Crippen molar-refractivity contribution < 1.29 is 0 Å². The molecule has 3 aromatic rings. The van der Waals surface area contributed by atoms with Crippen molar-refractivity contribution in [3.63, 3.8) is 0 Å². The molecular weight excluding hydrogens is 258 g/mol. The van der Waals surface area contributed by atoms with Crippen molar-refractivity contribution in [3.8, 4) is 6.07 Å². The van der Waals surface area contributed by atoms with Crippen LogP contribution in [0.4, 0.5) is 0 Å². The van der Waals surface area contributed by atoms with Crippen molar-refractivity contribution in [2.45, 2.75) is 5.92 Å². The van der Waals surface area contributed by atoms with E-state index < -0.39 is 0 Å². The van der Waals surface area contributed by atoms with E-state index in [2.05, 4.69) is 11.1 Å². The minimum absolute atomic E-state index is 0.361. The number of nitriles is 1.